The highest BCUT2D eigenvalue weighted by molar-refractivity contribution is 5.97. The summed E-state index contributed by atoms with van der Waals surface area (Å²) in [5.74, 6) is -7.92. The van der Waals surface area contributed by atoms with Crippen LogP contribution in [0, 0.1) is 16.7 Å². The Morgan fingerprint density at radius 3 is 1.80 bits per heavy atom. The van der Waals surface area contributed by atoms with E-state index in [1.807, 2.05) is 0 Å². The van der Waals surface area contributed by atoms with Gasteiger partial charge < -0.3 is 44.0 Å². The van der Waals surface area contributed by atoms with Crippen LogP contribution in [0.4, 0.5) is 0 Å². The standard InChI is InChI=1S/C54H55NO15/c1-30-37(67-50(63)43(68-48(61)35-23-15-9-16-24-35)41(33-19-11-7-12-20-33)55-47(60)34-21-13-8-14-22-34)28-54(64)46(69-49(62)36-25-17-10-18-26-36)44-52(6,38(58)27-39-53(44,29-65-39)70-32(3)57)45(59)42(66-31(2)56)40(30)51(54,4)5/h7-26,37-39,41-44,46,58,64H,27-29H2,1-6H3,(H,55,60)/t37-,38-,39+,41-,42+,43+,44?,46?,52+,53-,54+/m0/s1. The minimum Gasteiger partial charge on any atom is -0.455 e. The number of ketones is 1. The van der Waals surface area contributed by atoms with E-state index in [-0.39, 0.29) is 40.9 Å². The Labute approximate surface area is 404 Å². The first-order valence-corrected chi connectivity index (χ1v) is 23.0. The van der Waals surface area contributed by atoms with Crippen molar-refractivity contribution in [2.24, 2.45) is 16.7 Å². The summed E-state index contributed by atoms with van der Waals surface area (Å²) in [6.07, 6.45) is -10.7. The second-order valence-corrected chi connectivity index (χ2v) is 19.1. The van der Waals surface area contributed by atoms with Gasteiger partial charge in [0.25, 0.3) is 5.91 Å². The molecule has 11 atom stereocenters. The number of aliphatic hydroxyl groups is 2. The lowest BCUT2D eigenvalue weighted by atomic mass is 9.44. The molecule has 16 nitrogen and oxygen atoms in total. The van der Waals surface area contributed by atoms with E-state index in [1.54, 1.807) is 111 Å². The molecular formula is C54H55NO15. The molecule has 0 spiro atoms. The fraction of sp³-hybridized carbons (Fsp3) is 0.389. The predicted octanol–water partition coefficient (Wildman–Crippen LogP) is 5.60. The third kappa shape index (κ3) is 8.57. The first kappa shape index (κ1) is 49.4. The van der Waals surface area contributed by atoms with Crippen LogP contribution < -0.4 is 5.32 Å². The highest BCUT2D eigenvalue weighted by Crippen LogP contribution is 2.64. The molecule has 1 heterocycles. The summed E-state index contributed by atoms with van der Waals surface area (Å²) in [6, 6.07) is 30.7. The maximum Gasteiger partial charge on any atom is 0.350 e. The van der Waals surface area contributed by atoms with Crippen molar-refractivity contribution in [3.05, 3.63) is 155 Å². The number of hydrogen-bond acceptors (Lipinski definition) is 15. The molecule has 1 amide bonds. The van der Waals surface area contributed by atoms with Gasteiger partial charge in [-0.15, -0.1) is 0 Å². The van der Waals surface area contributed by atoms with E-state index in [0.717, 1.165) is 13.8 Å². The SMILES string of the molecule is CC(=O)O[C@H]1C(=O)[C@@]2(C)C(C(OC(=O)c3ccccc3)[C@]3(O)C[C@H](OC(=O)[C@H](OC(=O)c4ccccc4)[C@@H](NC(=O)c4ccccc4)c4ccccc4)C(C)=C1C3(C)C)[C@]1(OC(C)=O)CO[C@@H]1C[C@@H]2O. The number of ether oxygens (including phenoxy) is 6. The fourth-order valence-corrected chi connectivity index (χ4v) is 11.0. The molecule has 2 bridgehead atoms. The third-order valence-corrected chi connectivity index (χ3v) is 14.7. The van der Waals surface area contributed by atoms with E-state index < -0.39 is 119 Å². The van der Waals surface area contributed by atoms with Crippen molar-refractivity contribution in [1.29, 1.82) is 0 Å². The highest BCUT2D eigenvalue weighted by Gasteiger charge is 2.78. The monoisotopic (exact) mass is 957 g/mol. The summed E-state index contributed by atoms with van der Waals surface area (Å²) in [5, 5.41) is 29.0. The molecule has 4 aromatic carbocycles. The molecule has 3 fully saturated rings. The fourth-order valence-electron chi connectivity index (χ4n) is 11.0. The average molecular weight is 958 g/mol. The van der Waals surface area contributed by atoms with Crippen molar-refractivity contribution in [1.82, 2.24) is 5.32 Å². The second kappa shape index (κ2) is 19.1. The average Bonchev–Trinajstić information content (AvgIpc) is 3.34. The Hall–Kier alpha value is -7.01. The first-order valence-electron chi connectivity index (χ1n) is 23.0. The predicted molar refractivity (Wildman–Crippen MR) is 247 cm³/mol. The Bertz CT molecular complexity index is 2710. The van der Waals surface area contributed by atoms with Gasteiger partial charge in [0.2, 0.25) is 6.10 Å². The Balaban J connectivity index is 1.31. The number of Topliss-reactive ketones (excluding diaryl/α,β-unsaturated/α-hetero) is 1. The number of rotatable bonds is 12. The van der Waals surface area contributed by atoms with Gasteiger partial charge in [-0.3, -0.25) is 19.2 Å². The van der Waals surface area contributed by atoms with Crippen LogP contribution in [0.25, 0.3) is 0 Å². The van der Waals surface area contributed by atoms with E-state index in [9.17, 15) is 34.2 Å². The number of hydrogen-bond donors (Lipinski definition) is 3. The molecular weight excluding hydrogens is 903 g/mol. The molecule has 4 aromatic rings. The van der Waals surface area contributed by atoms with Crippen LogP contribution >= 0.6 is 0 Å². The summed E-state index contributed by atoms with van der Waals surface area (Å²) < 4.78 is 36.9. The molecule has 3 N–H and O–H groups in total. The van der Waals surface area contributed by atoms with Crippen molar-refractivity contribution in [3.63, 3.8) is 0 Å². The molecule has 8 rings (SSSR count). The van der Waals surface area contributed by atoms with Crippen molar-refractivity contribution in [3.8, 4) is 0 Å². The molecule has 4 aliphatic rings. The molecule has 0 aromatic heterocycles. The van der Waals surface area contributed by atoms with Gasteiger partial charge in [0.1, 0.15) is 30.0 Å². The largest absolute Gasteiger partial charge is 0.455 e. The number of nitrogens with one attached hydrogen (secondary N) is 1. The van der Waals surface area contributed by atoms with Gasteiger partial charge in [-0.05, 0) is 67.0 Å². The van der Waals surface area contributed by atoms with Crippen LogP contribution in [0.2, 0.25) is 0 Å². The Kier molecular flexibility index (Phi) is 13.5. The minimum atomic E-state index is -2.46. The van der Waals surface area contributed by atoms with E-state index in [0.29, 0.717) is 5.56 Å². The molecule has 0 radical (unpaired) electrons. The number of esters is 5. The molecule has 1 aliphatic heterocycles. The zero-order chi connectivity index (χ0) is 50.3. The second-order valence-electron chi connectivity index (χ2n) is 19.1. The summed E-state index contributed by atoms with van der Waals surface area (Å²) >= 11 is 0. The van der Waals surface area contributed by atoms with Crippen LogP contribution in [-0.4, -0.2) is 106 Å². The van der Waals surface area contributed by atoms with Crippen molar-refractivity contribution < 1.29 is 72.2 Å². The minimum absolute atomic E-state index is 0.0322. The number of carbonyl (C=O) groups excluding carboxylic acids is 7. The number of carbonyl (C=O) groups is 7. The van der Waals surface area contributed by atoms with Gasteiger partial charge in [0, 0.05) is 37.7 Å². The lowest BCUT2D eigenvalue weighted by Crippen LogP contribution is -2.82. The van der Waals surface area contributed by atoms with E-state index in [1.165, 1.54) is 38.1 Å². The van der Waals surface area contributed by atoms with Crippen molar-refractivity contribution >= 4 is 41.5 Å². The normalized spacial score (nSPS) is 29.4. The number of benzene rings is 4. The van der Waals surface area contributed by atoms with E-state index >= 15 is 9.59 Å². The topological polar surface area (TPSA) is 227 Å². The van der Waals surface area contributed by atoms with Crippen LogP contribution in [-0.2, 0) is 47.6 Å². The van der Waals surface area contributed by atoms with Crippen LogP contribution in [0.15, 0.2) is 132 Å². The zero-order valence-corrected chi connectivity index (χ0v) is 39.5. The lowest BCUT2D eigenvalue weighted by Gasteiger charge is -2.67. The number of amides is 1. The van der Waals surface area contributed by atoms with E-state index in [2.05, 4.69) is 5.32 Å². The van der Waals surface area contributed by atoms with E-state index in [4.69, 9.17) is 28.4 Å². The first-order chi connectivity index (χ1) is 33.2. The Morgan fingerprint density at radius 2 is 1.27 bits per heavy atom. The molecule has 16 heteroatoms. The van der Waals surface area contributed by atoms with Crippen molar-refractivity contribution in [2.75, 3.05) is 6.61 Å². The van der Waals surface area contributed by atoms with Crippen LogP contribution in [0.5, 0.6) is 0 Å². The van der Waals surface area contributed by atoms with Gasteiger partial charge in [-0.1, -0.05) is 98.8 Å². The maximum absolute atomic E-state index is 15.7. The summed E-state index contributed by atoms with van der Waals surface area (Å²) in [6.45, 7) is 7.93. The molecule has 70 heavy (non-hydrogen) atoms. The van der Waals surface area contributed by atoms with Gasteiger partial charge in [0.15, 0.2) is 17.5 Å². The zero-order valence-electron chi connectivity index (χ0n) is 39.5. The van der Waals surface area contributed by atoms with Gasteiger partial charge >= 0.3 is 29.8 Å². The summed E-state index contributed by atoms with van der Waals surface area (Å²) in [4.78, 5) is 99.7. The summed E-state index contributed by atoms with van der Waals surface area (Å²) in [7, 11) is 0. The van der Waals surface area contributed by atoms with Crippen molar-refractivity contribution in [2.45, 2.75) is 108 Å². The number of aliphatic hydroxyl groups excluding tert-OH is 1. The Morgan fingerprint density at radius 1 is 0.729 bits per heavy atom. The smallest absolute Gasteiger partial charge is 0.350 e. The maximum atomic E-state index is 15.7. The molecule has 2 unspecified atom stereocenters. The van der Waals surface area contributed by atoms with Crippen LogP contribution in [0.1, 0.15) is 97.1 Å². The molecule has 3 aliphatic carbocycles. The van der Waals surface area contributed by atoms with Gasteiger partial charge in [-0.25, -0.2) is 14.4 Å². The van der Waals surface area contributed by atoms with Crippen LogP contribution in [0.3, 0.4) is 0 Å². The lowest BCUT2D eigenvalue weighted by molar-refractivity contribution is -0.346. The quantitative estimate of drug-likeness (QED) is 0.0892. The summed E-state index contributed by atoms with van der Waals surface area (Å²) in [5.41, 5.74) is -7.28. The van der Waals surface area contributed by atoms with Gasteiger partial charge in [-0.2, -0.15) is 0 Å². The number of fused-ring (bicyclic) bond motifs is 5. The molecule has 2 saturated carbocycles. The third-order valence-electron chi connectivity index (χ3n) is 14.7. The highest BCUT2D eigenvalue weighted by atomic mass is 16.6. The van der Waals surface area contributed by atoms with Gasteiger partial charge in [0.05, 0.1) is 35.2 Å². The molecule has 366 valence electrons. The molecule has 1 saturated heterocycles.